The molecule has 5 nitrogen and oxygen atoms in total. The van der Waals surface area contributed by atoms with Crippen molar-refractivity contribution >= 4 is 29.0 Å². The van der Waals surface area contributed by atoms with Crippen molar-refractivity contribution in [1.29, 1.82) is 0 Å². The summed E-state index contributed by atoms with van der Waals surface area (Å²) >= 11 is 0. The van der Waals surface area contributed by atoms with Gasteiger partial charge in [-0.1, -0.05) is 72.8 Å². The number of para-hydroxylation sites is 1. The molecular weight excluding hydrogens is 473 g/mol. The first-order chi connectivity index (χ1) is 14.0. The van der Waals surface area contributed by atoms with Crippen LogP contribution in [0.2, 0.25) is 0 Å². The Balaban J connectivity index is 0.000000591. The second-order valence-corrected chi connectivity index (χ2v) is 6.18. The summed E-state index contributed by atoms with van der Waals surface area (Å²) < 4.78 is 0. The van der Waals surface area contributed by atoms with Gasteiger partial charge in [-0.05, 0) is 30.2 Å². The number of amides is 1. The van der Waals surface area contributed by atoms with Crippen molar-refractivity contribution in [3.05, 3.63) is 108 Å². The van der Waals surface area contributed by atoms with Crippen LogP contribution in [0, 0.1) is 6.08 Å². The van der Waals surface area contributed by atoms with Crippen LogP contribution in [0.1, 0.15) is 28.4 Å². The minimum absolute atomic E-state index is 0. The zero-order valence-corrected chi connectivity index (χ0v) is 17.5. The van der Waals surface area contributed by atoms with Crippen molar-refractivity contribution < 1.29 is 39.9 Å². The van der Waals surface area contributed by atoms with Crippen LogP contribution in [0.3, 0.4) is 0 Å². The molecule has 1 radical (unpaired) electrons. The number of hydrogen-bond acceptors (Lipinski definition) is 4. The van der Waals surface area contributed by atoms with Crippen molar-refractivity contribution in [2.45, 2.75) is 6.92 Å². The third-order valence-corrected chi connectivity index (χ3v) is 4.09. The predicted molar refractivity (Wildman–Crippen MR) is 108 cm³/mol. The smallest absolute Gasteiger partial charge is 0.304 e. The standard InChI is InChI=1S/C22H14NO2.C2H4O2.Pd/c24-21-18-13-7-8-14-19(18)23(22(21)25)20(17-11-5-2-6-12-17)15-16-9-3-1-4-10-16;1-2(3)4;/h1-14H;1H3,(H,3,4);/p-1. The van der Waals surface area contributed by atoms with Crippen LogP contribution in [-0.4, -0.2) is 17.7 Å². The van der Waals surface area contributed by atoms with E-state index in [9.17, 15) is 9.59 Å². The van der Waals surface area contributed by atoms with Gasteiger partial charge in [0.05, 0.1) is 16.9 Å². The number of anilines is 1. The minimum Gasteiger partial charge on any atom is -0.550 e. The third kappa shape index (κ3) is 5.18. The van der Waals surface area contributed by atoms with E-state index in [1.165, 1.54) is 4.90 Å². The summed E-state index contributed by atoms with van der Waals surface area (Å²) in [6, 6.07) is 26.2. The molecule has 0 atom stereocenters. The zero-order valence-electron chi connectivity index (χ0n) is 16.0. The second kappa shape index (κ2) is 10.4. The SMILES string of the molecule is CC(=O)[O-].O=C1C(=O)N(C(=[C]c2ccccc2)c2ccccc2)c2ccccc21.[Pd]. The van der Waals surface area contributed by atoms with Gasteiger partial charge in [0.25, 0.3) is 5.78 Å². The fraction of sp³-hybridized carbons (Fsp3) is 0.0417. The van der Waals surface area contributed by atoms with Crippen molar-refractivity contribution in [2.24, 2.45) is 0 Å². The van der Waals surface area contributed by atoms with Crippen LogP contribution in [0.25, 0.3) is 5.70 Å². The summed E-state index contributed by atoms with van der Waals surface area (Å²) in [7, 11) is 0. The first kappa shape index (κ1) is 23.0. The number of carboxylic acid groups (broad SMARTS) is 1. The largest absolute Gasteiger partial charge is 0.550 e. The molecule has 0 aliphatic carbocycles. The maximum absolute atomic E-state index is 12.7. The Morgan fingerprint density at radius 3 is 1.93 bits per heavy atom. The number of Topliss-reactive ketones (excluding diaryl/α,β-unsaturated/α-hetero) is 1. The minimum atomic E-state index is -1.08. The quantitative estimate of drug-likeness (QED) is 0.322. The van der Waals surface area contributed by atoms with Gasteiger partial charge in [0.2, 0.25) is 0 Å². The van der Waals surface area contributed by atoms with E-state index in [1.807, 2.05) is 66.7 Å². The maximum Gasteiger partial charge on any atom is 0.304 e. The number of rotatable bonds is 3. The van der Waals surface area contributed by atoms with E-state index < -0.39 is 17.7 Å². The van der Waals surface area contributed by atoms with Gasteiger partial charge in [0.15, 0.2) is 0 Å². The number of benzene rings is 3. The number of fused-ring (bicyclic) bond motifs is 1. The van der Waals surface area contributed by atoms with E-state index in [-0.39, 0.29) is 20.4 Å². The summed E-state index contributed by atoms with van der Waals surface area (Å²) in [5, 5.41) is 8.89. The van der Waals surface area contributed by atoms with E-state index in [1.54, 1.807) is 18.2 Å². The fourth-order valence-corrected chi connectivity index (χ4v) is 2.92. The Morgan fingerprint density at radius 1 is 0.833 bits per heavy atom. The molecule has 0 saturated heterocycles. The van der Waals surface area contributed by atoms with Gasteiger partial charge in [0.1, 0.15) is 0 Å². The van der Waals surface area contributed by atoms with Crippen LogP contribution >= 0.6 is 0 Å². The number of hydrogen-bond donors (Lipinski definition) is 0. The molecule has 3 aromatic carbocycles. The first-order valence-corrected chi connectivity index (χ1v) is 8.89. The van der Waals surface area contributed by atoms with Crippen molar-refractivity contribution in [2.75, 3.05) is 4.90 Å². The van der Waals surface area contributed by atoms with E-state index in [2.05, 4.69) is 6.08 Å². The molecule has 1 aliphatic rings. The van der Waals surface area contributed by atoms with Gasteiger partial charge >= 0.3 is 5.91 Å². The fourth-order valence-electron chi connectivity index (χ4n) is 2.92. The van der Waals surface area contributed by atoms with E-state index in [0.29, 0.717) is 16.9 Å². The molecule has 3 aromatic rings. The van der Waals surface area contributed by atoms with Crippen LogP contribution in [0.4, 0.5) is 5.69 Å². The van der Waals surface area contributed by atoms with Gasteiger partial charge in [0, 0.05) is 32.5 Å². The Hall–Kier alpha value is -3.33. The average Bonchev–Trinajstić information content (AvgIpc) is 2.98. The molecular formula is C24H17NO4Pd-. The van der Waals surface area contributed by atoms with Gasteiger partial charge in [-0.2, -0.15) is 0 Å². The van der Waals surface area contributed by atoms with Gasteiger partial charge in [-0.15, -0.1) is 0 Å². The Bertz CT molecular complexity index is 1070. The van der Waals surface area contributed by atoms with E-state index in [0.717, 1.165) is 18.1 Å². The molecule has 0 bridgehead atoms. The van der Waals surface area contributed by atoms with Gasteiger partial charge in [-0.3, -0.25) is 14.5 Å². The Kier molecular flexibility index (Phi) is 8.00. The van der Waals surface area contributed by atoms with Crippen LogP contribution < -0.4 is 10.0 Å². The molecule has 0 fully saturated rings. The molecule has 1 amide bonds. The number of aliphatic carboxylic acids is 1. The summed E-state index contributed by atoms with van der Waals surface area (Å²) in [6.07, 6.45) is 3.30. The zero-order chi connectivity index (χ0) is 20.8. The molecule has 1 aliphatic heterocycles. The molecule has 0 spiro atoms. The Morgan fingerprint density at radius 2 is 1.33 bits per heavy atom. The van der Waals surface area contributed by atoms with Crippen molar-refractivity contribution in [3.63, 3.8) is 0 Å². The second-order valence-electron chi connectivity index (χ2n) is 6.18. The maximum atomic E-state index is 12.7. The molecule has 0 aromatic heterocycles. The topological polar surface area (TPSA) is 77.5 Å². The van der Waals surface area contributed by atoms with Crippen LogP contribution in [-0.2, 0) is 30.0 Å². The van der Waals surface area contributed by atoms with Crippen molar-refractivity contribution in [1.82, 2.24) is 0 Å². The van der Waals surface area contributed by atoms with E-state index >= 15 is 0 Å². The molecule has 4 rings (SSSR count). The summed E-state index contributed by atoms with van der Waals surface area (Å²) in [5.41, 5.74) is 3.25. The van der Waals surface area contributed by atoms with Crippen LogP contribution in [0.5, 0.6) is 0 Å². The molecule has 6 heteroatoms. The molecule has 153 valence electrons. The molecule has 1 heterocycles. The van der Waals surface area contributed by atoms with Crippen molar-refractivity contribution in [3.8, 4) is 0 Å². The predicted octanol–water partition coefficient (Wildman–Crippen LogP) is 2.86. The number of carboxylic acids is 1. The first-order valence-electron chi connectivity index (χ1n) is 8.89. The summed E-state index contributed by atoms with van der Waals surface area (Å²) in [6.45, 7) is 0.972. The normalized spacial score (nSPS) is 12.4. The molecule has 0 N–H and O–H groups in total. The molecule has 0 saturated carbocycles. The van der Waals surface area contributed by atoms with Gasteiger partial charge in [-0.25, -0.2) is 0 Å². The number of carbonyl (C=O) groups excluding carboxylic acids is 3. The van der Waals surface area contributed by atoms with E-state index in [4.69, 9.17) is 9.90 Å². The third-order valence-electron chi connectivity index (χ3n) is 4.09. The Labute approximate surface area is 188 Å². The number of carbonyl (C=O) groups is 3. The van der Waals surface area contributed by atoms with Crippen LogP contribution in [0.15, 0.2) is 84.9 Å². The monoisotopic (exact) mass is 489 g/mol. The average molecular weight is 490 g/mol. The molecule has 0 unspecified atom stereocenters. The van der Waals surface area contributed by atoms with Gasteiger partial charge < -0.3 is 9.90 Å². The summed E-state index contributed by atoms with van der Waals surface area (Å²) in [4.78, 5) is 35.4. The number of nitrogens with zero attached hydrogens (tertiary/aromatic N) is 1. The molecule has 30 heavy (non-hydrogen) atoms. The number of ketones is 1. The summed E-state index contributed by atoms with van der Waals surface area (Å²) in [5.74, 6) is -2.12.